The summed E-state index contributed by atoms with van der Waals surface area (Å²) in [7, 11) is 1.66. The van der Waals surface area contributed by atoms with Crippen molar-refractivity contribution < 1.29 is 4.74 Å². The predicted molar refractivity (Wildman–Crippen MR) is 52.5 cm³/mol. The standard InChI is InChI=1S/C9H17N3O/c1-7(6-13-2)9(11)4-3-8(10)5-12-9/h3-5,7,12H,6,10-11H2,1-2H3. The van der Waals surface area contributed by atoms with E-state index in [1.807, 2.05) is 19.1 Å². The Balaban J connectivity index is 2.64. The first kappa shape index (κ1) is 10.1. The van der Waals surface area contributed by atoms with Gasteiger partial charge >= 0.3 is 0 Å². The van der Waals surface area contributed by atoms with Crippen LogP contribution in [0.1, 0.15) is 6.92 Å². The number of rotatable bonds is 3. The fraction of sp³-hybridized carbons (Fsp3) is 0.556. The van der Waals surface area contributed by atoms with Crippen LogP contribution in [-0.2, 0) is 4.74 Å². The van der Waals surface area contributed by atoms with Gasteiger partial charge in [-0.05, 0) is 12.2 Å². The summed E-state index contributed by atoms with van der Waals surface area (Å²) in [4.78, 5) is 0. The predicted octanol–water partition coefficient (Wildman–Crippen LogP) is -0.117. The summed E-state index contributed by atoms with van der Waals surface area (Å²) in [5, 5.41) is 3.05. The molecule has 2 atom stereocenters. The number of methoxy groups -OCH3 is 1. The molecule has 5 N–H and O–H groups in total. The summed E-state index contributed by atoms with van der Waals surface area (Å²) in [6, 6.07) is 0. The van der Waals surface area contributed by atoms with Crippen molar-refractivity contribution in [3.8, 4) is 0 Å². The van der Waals surface area contributed by atoms with Crippen molar-refractivity contribution in [2.24, 2.45) is 17.4 Å². The van der Waals surface area contributed by atoms with E-state index in [9.17, 15) is 0 Å². The molecule has 0 radical (unpaired) electrons. The van der Waals surface area contributed by atoms with E-state index in [4.69, 9.17) is 16.2 Å². The number of nitrogens with two attached hydrogens (primary N) is 2. The van der Waals surface area contributed by atoms with Crippen LogP contribution in [0.5, 0.6) is 0 Å². The summed E-state index contributed by atoms with van der Waals surface area (Å²) < 4.78 is 5.04. The fourth-order valence-corrected chi connectivity index (χ4v) is 1.23. The Morgan fingerprint density at radius 1 is 1.69 bits per heavy atom. The van der Waals surface area contributed by atoms with E-state index in [1.54, 1.807) is 13.3 Å². The second-order valence-corrected chi connectivity index (χ2v) is 3.41. The van der Waals surface area contributed by atoms with Crippen molar-refractivity contribution >= 4 is 0 Å². The van der Waals surface area contributed by atoms with E-state index in [0.717, 1.165) is 0 Å². The third-order valence-electron chi connectivity index (χ3n) is 2.27. The highest BCUT2D eigenvalue weighted by Crippen LogP contribution is 2.16. The van der Waals surface area contributed by atoms with E-state index >= 15 is 0 Å². The van der Waals surface area contributed by atoms with Crippen LogP contribution in [0.2, 0.25) is 0 Å². The molecule has 1 aliphatic rings. The zero-order chi connectivity index (χ0) is 9.90. The molecule has 0 bridgehead atoms. The second kappa shape index (κ2) is 3.81. The zero-order valence-corrected chi connectivity index (χ0v) is 8.08. The van der Waals surface area contributed by atoms with E-state index in [2.05, 4.69) is 5.32 Å². The minimum atomic E-state index is -0.543. The topological polar surface area (TPSA) is 73.3 Å². The first-order valence-electron chi connectivity index (χ1n) is 4.29. The van der Waals surface area contributed by atoms with Crippen LogP contribution in [0.15, 0.2) is 24.0 Å². The van der Waals surface area contributed by atoms with Crippen LogP contribution in [-0.4, -0.2) is 19.4 Å². The molecule has 0 aliphatic carbocycles. The maximum atomic E-state index is 6.07. The van der Waals surface area contributed by atoms with Gasteiger partial charge in [0.1, 0.15) is 5.66 Å². The molecule has 74 valence electrons. The third-order valence-corrected chi connectivity index (χ3v) is 2.27. The zero-order valence-electron chi connectivity index (χ0n) is 8.08. The van der Waals surface area contributed by atoms with Gasteiger partial charge in [-0.2, -0.15) is 0 Å². The van der Waals surface area contributed by atoms with Gasteiger partial charge in [0.2, 0.25) is 0 Å². The summed E-state index contributed by atoms with van der Waals surface area (Å²) in [5.74, 6) is 0.193. The number of dihydropyridines is 1. The largest absolute Gasteiger partial charge is 0.398 e. The Labute approximate surface area is 78.6 Å². The fourth-order valence-electron chi connectivity index (χ4n) is 1.23. The lowest BCUT2D eigenvalue weighted by Gasteiger charge is -2.34. The minimum absolute atomic E-state index is 0.193. The molecule has 1 rings (SSSR count). The summed E-state index contributed by atoms with van der Waals surface area (Å²) >= 11 is 0. The van der Waals surface area contributed by atoms with Crippen LogP contribution in [0.4, 0.5) is 0 Å². The second-order valence-electron chi connectivity index (χ2n) is 3.41. The smallest absolute Gasteiger partial charge is 0.110 e. The summed E-state index contributed by atoms with van der Waals surface area (Å²) in [6.45, 7) is 2.64. The van der Waals surface area contributed by atoms with Crippen LogP contribution in [0.3, 0.4) is 0 Å². The van der Waals surface area contributed by atoms with Gasteiger partial charge in [-0.1, -0.05) is 6.92 Å². The molecule has 2 unspecified atom stereocenters. The minimum Gasteiger partial charge on any atom is -0.398 e. The van der Waals surface area contributed by atoms with Gasteiger partial charge in [-0.15, -0.1) is 0 Å². The van der Waals surface area contributed by atoms with Gasteiger partial charge in [0.05, 0.1) is 6.61 Å². The average molecular weight is 183 g/mol. The first-order valence-corrected chi connectivity index (χ1v) is 4.29. The van der Waals surface area contributed by atoms with Gasteiger partial charge in [-0.3, -0.25) is 0 Å². The molecule has 4 nitrogen and oxygen atoms in total. The Bertz CT molecular complexity index is 237. The molecule has 0 fully saturated rings. The average Bonchev–Trinajstić information content (AvgIpc) is 2.11. The number of ether oxygens (including phenoxy) is 1. The monoisotopic (exact) mass is 183 g/mol. The van der Waals surface area contributed by atoms with Gasteiger partial charge < -0.3 is 21.5 Å². The highest BCUT2D eigenvalue weighted by atomic mass is 16.5. The van der Waals surface area contributed by atoms with E-state index in [-0.39, 0.29) is 5.92 Å². The van der Waals surface area contributed by atoms with Crippen molar-refractivity contribution in [1.82, 2.24) is 5.32 Å². The molecule has 0 spiro atoms. The van der Waals surface area contributed by atoms with Gasteiger partial charge in [0.15, 0.2) is 0 Å². The lowest BCUT2D eigenvalue weighted by molar-refractivity contribution is 0.123. The highest BCUT2D eigenvalue weighted by Gasteiger charge is 2.29. The van der Waals surface area contributed by atoms with Crippen LogP contribution < -0.4 is 16.8 Å². The molecule has 1 heterocycles. The SMILES string of the molecule is COCC(C)C1(N)C=CC(N)=CN1. The molecule has 4 heteroatoms. The first-order chi connectivity index (χ1) is 6.08. The maximum absolute atomic E-state index is 6.07. The number of allylic oxidation sites excluding steroid dienone is 1. The van der Waals surface area contributed by atoms with Crippen LogP contribution in [0, 0.1) is 5.92 Å². The van der Waals surface area contributed by atoms with Crippen molar-refractivity contribution in [2.75, 3.05) is 13.7 Å². The van der Waals surface area contributed by atoms with Gasteiger partial charge in [-0.25, -0.2) is 0 Å². The molecule has 0 saturated heterocycles. The Morgan fingerprint density at radius 3 is 2.85 bits per heavy atom. The normalized spacial score (nSPS) is 29.3. The molecule has 0 amide bonds. The van der Waals surface area contributed by atoms with Crippen molar-refractivity contribution in [3.63, 3.8) is 0 Å². The van der Waals surface area contributed by atoms with Gasteiger partial charge in [0, 0.05) is 24.9 Å². The molecule has 0 saturated carbocycles. The number of nitrogens with one attached hydrogen (secondary N) is 1. The molecule has 1 aliphatic heterocycles. The van der Waals surface area contributed by atoms with Crippen molar-refractivity contribution in [2.45, 2.75) is 12.6 Å². The molecular weight excluding hydrogens is 166 g/mol. The molecule has 0 aromatic carbocycles. The number of hydrogen-bond acceptors (Lipinski definition) is 4. The van der Waals surface area contributed by atoms with Crippen molar-refractivity contribution in [3.05, 3.63) is 24.0 Å². The lowest BCUT2D eigenvalue weighted by atomic mass is 9.93. The van der Waals surface area contributed by atoms with E-state index in [1.165, 1.54) is 0 Å². The van der Waals surface area contributed by atoms with Gasteiger partial charge in [0.25, 0.3) is 0 Å². The van der Waals surface area contributed by atoms with Crippen molar-refractivity contribution in [1.29, 1.82) is 0 Å². The molecule has 0 aromatic heterocycles. The van der Waals surface area contributed by atoms with Crippen LogP contribution in [0.25, 0.3) is 0 Å². The summed E-state index contributed by atoms with van der Waals surface area (Å²) in [6.07, 6.45) is 5.39. The quantitative estimate of drug-likeness (QED) is 0.570. The molecular formula is C9H17N3O. The Morgan fingerprint density at radius 2 is 2.38 bits per heavy atom. The van der Waals surface area contributed by atoms with E-state index < -0.39 is 5.66 Å². The Kier molecular flexibility index (Phi) is 2.95. The molecule has 13 heavy (non-hydrogen) atoms. The number of hydrogen-bond donors (Lipinski definition) is 3. The highest BCUT2D eigenvalue weighted by molar-refractivity contribution is 5.25. The van der Waals surface area contributed by atoms with E-state index in [0.29, 0.717) is 12.3 Å². The maximum Gasteiger partial charge on any atom is 0.110 e. The van der Waals surface area contributed by atoms with Crippen LogP contribution >= 0.6 is 0 Å². The summed E-state index contributed by atoms with van der Waals surface area (Å²) in [5.41, 5.74) is 11.8. The third kappa shape index (κ3) is 2.23. The lowest BCUT2D eigenvalue weighted by Crippen LogP contribution is -2.57. The Hall–Kier alpha value is -1.00. The molecule has 0 aromatic rings.